The number of benzene rings is 1. The number of nitrogens with zero attached hydrogens (tertiary/aromatic N) is 1. The number of piperidine rings is 1. The number of rotatable bonds is 4. The largest absolute Gasteiger partial charge is 0.478 e. The van der Waals surface area contributed by atoms with E-state index in [-0.39, 0.29) is 5.91 Å². The fourth-order valence-electron chi connectivity index (χ4n) is 2.38. The molecule has 21 heavy (non-hydrogen) atoms. The second kappa shape index (κ2) is 7.04. The van der Waals surface area contributed by atoms with E-state index in [0.717, 1.165) is 43.1 Å². The lowest BCUT2D eigenvalue weighted by molar-refractivity contribution is -0.131. The zero-order valence-electron chi connectivity index (χ0n) is 12.1. The Bertz CT molecular complexity index is 561. The van der Waals surface area contributed by atoms with Crippen molar-refractivity contribution in [3.8, 4) is 0 Å². The minimum absolute atomic E-state index is 0.117. The van der Waals surface area contributed by atoms with Crippen molar-refractivity contribution in [2.75, 3.05) is 13.1 Å². The van der Waals surface area contributed by atoms with Crippen LogP contribution in [-0.2, 0) is 4.79 Å². The van der Waals surface area contributed by atoms with Gasteiger partial charge in [-0.05, 0) is 49.1 Å². The Morgan fingerprint density at radius 1 is 1.24 bits per heavy atom. The molecule has 1 aliphatic rings. The van der Waals surface area contributed by atoms with Gasteiger partial charge in [-0.3, -0.25) is 10.2 Å². The van der Waals surface area contributed by atoms with E-state index >= 15 is 0 Å². The molecule has 0 aromatic heterocycles. The maximum Gasteiger partial charge on any atom is 0.328 e. The molecule has 0 radical (unpaired) electrons. The van der Waals surface area contributed by atoms with Crippen LogP contribution in [0.15, 0.2) is 24.3 Å². The molecule has 0 atom stereocenters. The Hall–Kier alpha value is -2.14. The quantitative estimate of drug-likeness (QED) is 0.834. The molecule has 1 aromatic rings. The van der Waals surface area contributed by atoms with Crippen molar-refractivity contribution >= 4 is 18.0 Å². The maximum atomic E-state index is 12.2. The maximum absolute atomic E-state index is 12.2. The van der Waals surface area contributed by atoms with Gasteiger partial charge in [-0.1, -0.05) is 12.5 Å². The number of hydrogen-bond acceptors (Lipinski definition) is 3. The van der Waals surface area contributed by atoms with E-state index in [1.807, 2.05) is 11.9 Å². The van der Waals surface area contributed by atoms with Crippen molar-refractivity contribution in [3.05, 3.63) is 41.0 Å². The Morgan fingerprint density at radius 3 is 2.57 bits per heavy atom. The van der Waals surface area contributed by atoms with Gasteiger partial charge in [-0.15, -0.1) is 0 Å². The van der Waals surface area contributed by atoms with E-state index < -0.39 is 5.97 Å². The first-order chi connectivity index (χ1) is 10.1. The van der Waals surface area contributed by atoms with Crippen molar-refractivity contribution < 1.29 is 14.7 Å². The summed E-state index contributed by atoms with van der Waals surface area (Å²) in [6, 6.07) is 5.26. The number of amides is 1. The highest BCUT2D eigenvalue weighted by Crippen LogP contribution is 2.14. The summed E-state index contributed by atoms with van der Waals surface area (Å²) in [6.45, 7) is 3.65. The van der Waals surface area contributed by atoms with E-state index in [9.17, 15) is 9.59 Å². The number of carboxylic acids is 1. The molecule has 0 aliphatic carbocycles. The van der Waals surface area contributed by atoms with Gasteiger partial charge in [-0.2, -0.15) is 0 Å². The SMILES string of the molecule is Cc1cc(C(=O)NN2CCCCC2)ccc1/C=C/C(=O)O. The molecule has 1 heterocycles. The summed E-state index contributed by atoms with van der Waals surface area (Å²) < 4.78 is 0. The number of hydrogen-bond donors (Lipinski definition) is 2. The molecule has 1 amide bonds. The molecule has 2 N–H and O–H groups in total. The van der Waals surface area contributed by atoms with Crippen molar-refractivity contribution in [2.24, 2.45) is 0 Å². The van der Waals surface area contributed by atoms with Gasteiger partial charge < -0.3 is 5.11 Å². The molecule has 0 saturated carbocycles. The zero-order chi connectivity index (χ0) is 15.2. The van der Waals surface area contributed by atoms with E-state index in [1.165, 1.54) is 12.5 Å². The molecule has 112 valence electrons. The van der Waals surface area contributed by atoms with Crippen LogP contribution < -0.4 is 5.43 Å². The lowest BCUT2D eigenvalue weighted by Gasteiger charge is -2.26. The van der Waals surface area contributed by atoms with Crippen LogP contribution in [-0.4, -0.2) is 35.1 Å². The van der Waals surface area contributed by atoms with E-state index in [1.54, 1.807) is 18.2 Å². The minimum atomic E-state index is -0.985. The summed E-state index contributed by atoms with van der Waals surface area (Å²) in [5.74, 6) is -1.10. The number of carboxylic acid groups (broad SMARTS) is 1. The van der Waals surface area contributed by atoms with Gasteiger partial charge >= 0.3 is 5.97 Å². The summed E-state index contributed by atoms with van der Waals surface area (Å²) in [5.41, 5.74) is 5.17. The second-order valence-electron chi connectivity index (χ2n) is 5.23. The van der Waals surface area contributed by atoms with Crippen molar-refractivity contribution in [1.29, 1.82) is 0 Å². The van der Waals surface area contributed by atoms with Crippen LogP contribution in [0.1, 0.15) is 40.7 Å². The van der Waals surface area contributed by atoms with Crippen LogP contribution in [0.5, 0.6) is 0 Å². The molecular weight excluding hydrogens is 268 g/mol. The molecule has 0 bridgehead atoms. The molecule has 1 saturated heterocycles. The highest BCUT2D eigenvalue weighted by atomic mass is 16.4. The van der Waals surface area contributed by atoms with Gasteiger partial charge in [0.05, 0.1) is 0 Å². The molecular formula is C16H20N2O3. The zero-order valence-corrected chi connectivity index (χ0v) is 12.1. The second-order valence-corrected chi connectivity index (χ2v) is 5.23. The number of aliphatic carboxylic acids is 1. The highest BCUT2D eigenvalue weighted by Gasteiger charge is 2.14. The fraction of sp³-hybridized carbons (Fsp3) is 0.375. The van der Waals surface area contributed by atoms with Crippen molar-refractivity contribution in [1.82, 2.24) is 10.4 Å². The van der Waals surface area contributed by atoms with Gasteiger partial charge in [0, 0.05) is 24.7 Å². The van der Waals surface area contributed by atoms with Crippen LogP contribution in [0.3, 0.4) is 0 Å². The summed E-state index contributed by atoms with van der Waals surface area (Å²) in [4.78, 5) is 22.7. The Balaban J connectivity index is 2.04. The molecule has 0 unspecified atom stereocenters. The highest BCUT2D eigenvalue weighted by molar-refractivity contribution is 5.94. The van der Waals surface area contributed by atoms with Gasteiger partial charge in [0.25, 0.3) is 5.91 Å². The van der Waals surface area contributed by atoms with Gasteiger partial charge in [0.2, 0.25) is 0 Å². The number of nitrogens with one attached hydrogen (secondary N) is 1. The third-order valence-electron chi connectivity index (χ3n) is 3.55. The number of carbonyl (C=O) groups is 2. The third-order valence-corrected chi connectivity index (χ3v) is 3.55. The predicted octanol–water partition coefficient (Wildman–Crippen LogP) is 2.22. The average molecular weight is 288 g/mol. The first kappa shape index (κ1) is 15.3. The summed E-state index contributed by atoms with van der Waals surface area (Å²) in [6.07, 6.45) is 6.06. The van der Waals surface area contributed by atoms with Gasteiger partial charge in [-0.25, -0.2) is 9.80 Å². The Kier molecular flexibility index (Phi) is 5.11. The molecule has 1 aliphatic heterocycles. The lowest BCUT2D eigenvalue weighted by atomic mass is 10.0. The van der Waals surface area contributed by atoms with Crippen molar-refractivity contribution in [2.45, 2.75) is 26.2 Å². The summed E-state index contributed by atoms with van der Waals surface area (Å²) >= 11 is 0. The third kappa shape index (κ3) is 4.43. The van der Waals surface area contributed by atoms with Crippen LogP contribution in [0.4, 0.5) is 0 Å². The smallest absolute Gasteiger partial charge is 0.328 e. The Morgan fingerprint density at radius 2 is 1.95 bits per heavy atom. The molecule has 0 spiro atoms. The first-order valence-corrected chi connectivity index (χ1v) is 7.14. The molecule has 1 fully saturated rings. The normalized spacial score (nSPS) is 16.0. The monoisotopic (exact) mass is 288 g/mol. The number of aryl methyl sites for hydroxylation is 1. The van der Waals surface area contributed by atoms with E-state index in [0.29, 0.717) is 5.56 Å². The number of hydrazine groups is 1. The number of carbonyl (C=O) groups excluding carboxylic acids is 1. The van der Waals surface area contributed by atoms with Crippen LogP contribution in [0, 0.1) is 6.92 Å². The van der Waals surface area contributed by atoms with Crippen LogP contribution >= 0.6 is 0 Å². The van der Waals surface area contributed by atoms with E-state index in [2.05, 4.69) is 5.43 Å². The topological polar surface area (TPSA) is 69.6 Å². The van der Waals surface area contributed by atoms with Crippen LogP contribution in [0.25, 0.3) is 6.08 Å². The lowest BCUT2D eigenvalue weighted by Crippen LogP contribution is -2.45. The fourth-order valence-corrected chi connectivity index (χ4v) is 2.38. The minimum Gasteiger partial charge on any atom is -0.478 e. The molecule has 2 rings (SSSR count). The molecule has 5 nitrogen and oxygen atoms in total. The summed E-state index contributed by atoms with van der Waals surface area (Å²) in [7, 11) is 0. The molecule has 5 heteroatoms. The molecule has 1 aromatic carbocycles. The first-order valence-electron chi connectivity index (χ1n) is 7.14. The van der Waals surface area contributed by atoms with Gasteiger partial charge in [0.1, 0.15) is 0 Å². The van der Waals surface area contributed by atoms with Crippen molar-refractivity contribution in [3.63, 3.8) is 0 Å². The average Bonchev–Trinajstić information content (AvgIpc) is 2.46. The van der Waals surface area contributed by atoms with Crippen LogP contribution in [0.2, 0.25) is 0 Å². The predicted molar refractivity (Wildman–Crippen MR) is 80.7 cm³/mol. The summed E-state index contributed by atoms with van der Waals surface area (Å²) in [5, 5.41) is 10.6. The standard InChI is InChI=1S/C16H20N2O3/c1-12-11-14(6-5-13(12)7-8-15(19)20)16(21)17-18-9-3-2-4-10-18/h5-8,11H,2-4,9-10H2,1H3,(H,17,21)(H,19,20)/b8-7+. The Labute approximate surface area is 124 Å². The van der Waals surface area contributed by atoms with Gasteiger partial charge in [0.15, 0.2) is 0 Å². The van der Waals surface area contributed by atoms with E-state index in [4.69, 9.17) is 5.11 Å².